The molecular formula is C17H20N2O3. The lowest BCUT2D eigenvalue weighted by Gasteiger charge is -2.31. The highest BCUT2D eigenvalue weighted by Gasteiger charge is 2.28. The van der Waals surface area contributed by atoms with Gasteiger partial charge in [0.25, 0.3) is 5.91 Å². The van der Waals surface area contributed by atoms with Crippen LogP contribution in [0.1, 0.15) is 35.7 Å². The third-order valence-electron chi connectivity index (χ3n) is 3.86. The molecule has 5 heteroatoms. The number of ether oxygens (including phenoxy) is 1. The average molecular weight is 300 g/mol. The van der Waals surface area contributed by atoms with Gasteiger partial charge in [0.15, 0.2) is 0 Å². The number of nitrogens with zero attached hydrogens (tertiary/aromatic N) is 2. The maximum Gasteiger partial charge on any atom is 0.309 e. The van der Waals surface area contributed by atoms with E-state index in [9.17, 15) is 9.59 Å². The Bertz CT molecular complexity index is 584. The Morgan fingerprint density at radius 1 is 1.36 bits per heavy atom. The Labute approximate surface area is 130 Å². The minimum Gasteiger partial charge on any atom is -0.466 e. The van der Waals surface area contributed by atoms with Gasteiger partial charge in [-0.05, 0) is 37.5 Å². The van der Waals surface area contributed by atoms with Gasteiger partial charge in [-0.2, -0.15) is 5.26 Å². The number of nitriles is 1. The zero-order chi connectivity index (χ0) is 15.9. The lowest BCUT2D eigenvalue weighted by atomic mass is 9.96. The van der Waals surface area contributed by atoms with Crippen molar-refractivity contribution in [1.29, 1.82) is 5.26 Å². The minimum absolute atomic E-state index is 0.0397. The number of hydrogen-bond acceptors (Lipinski definition) is 4. The molecule has 0 aliphatic carbocycles. The third kappa shape index (κ3) is 3.85. The van der Waals surface area contributed by atoms with Crippen LogP contribution in [0.3, 0.4) is 0 Å². The van der Waals surface area contributed by atoms with Gasteiger partial charge in [0.1, 0.15) is 0 Å². The average Bonchev–Trinajstić information content (AvgIpc) is 2.55. The normalized spacial score (nSPS) is 15.2. The summed E-state index contributed by atoms with van der Waals surface area (Å²) in [5, 5.41) is 8.73. The van der Waals surface area contributed by atoms with Crippen LogP contribution in [0.2, 0.25) is 0 Å². The molecule has 116 valence electrons. The van der Waals surface area contributed by atoms with E-state index in [0.29, 0.717) is 44.5 Å². The number of benzene rings is 1. The van der Waals surface area contributed by atoms with Crippen LogP contribution in [0.25, 0.3) is 0 Å². The minimum atomic E-state index is -0.161. The van der Waals surface area contributed by atoms with Gasteiger partial charge in [-0.25, -0.2) is 0 Å². The van der Waals surface area contributed by atoms with Gasteiger partial charge in [0.05, 0.1) is 25.0 Å². The van der Waals surface area contributed by atoms with Gasteiger partial charge < -0.3 is 9.64 Å². The smallest absolute Gasteiger partial charge is 0.309 e. The van der Waals surface area contributed by atoms with Gasteiger partial charge in [0, 0.05) is 18.7 Å². The predicted molar refractivity (Wildman–Crippen MR) is 81.0 cm³/mol. The summed E-state index contributed by atoms with van der Waals surface area (Å²) in [4.78, 5) is 26.0. The lowest BCUT2D eigenvalue weighted by molar-refractivity contribution is -0.149. The summed E-state index contributed by atoms with van der Waals surface area (Å²) in [7, 11) is 0. The Morgan fingerprint density at radius 2 is 2.09 bits per heavy atom. The van der Waals surface area contributed by atoms with E-state index < -0.39 is 0 Å². The molecule has 0 radical (unpaired) electrons. The first kappa shape index (κ1) is 16.0. The largest absolute Gasteiger partial charge is 0.466 e. The molecule has 0 bridgehead atoms. The summed E-state index contributed by atoms with van der Waals surface area (Å²) in [5.41, 5.74) is 1.44. The van der Waals surface area contributed by atoms with Crippen molar-refractivity contribution in [2.75, 3.05) is 19.7 Å². The second kappa shape index (κ2) is 7.60. The van der Waals surface area contributed by atoms with E-state index in [4.69, 9.17) is 10.00 Å². The van der Waals surface area contributed by atoms with Gasteiger partial charge in [0.2, 0.25) is 0 Å². The van der Waals surface area contributed by atoms with E-state index in [-0.39, 0.29) is 17.8 Å². The van der Waals surface area contributed by atoms with E-state index in [1.54, 1.807) is 30.0 Å². The lowest BCUT2D eigenvalue weighted by Crippen LogP contribution is -2.40. The molecule has 1 aromatic rings. The highest BCUT2D eigenvalue weighted by molar-refractivity contribution is 5.94. The second-order valence-electron chi connectivity index (χ2n) is 5.35. The molecular weight excluding hydrogens is 280 g/mol. The fourth-order valence-corrected chi connectivity index (χ4v) is 2.67. The zero-order valence-corrected chi connectivity index (χ0v) is 12.7. The fraction of sp³-hybridized carbons (Fsp3) is 0.471. The van der Waals surface area contributed by atoms with E-state index in [2.05, 4.69) is 6.07 Å². The molecule has 22 heavy (non-hydrogen) atoms. The first-order valence-electron chi connectivity index (χ1n) is 7.57. The number of likely N-dealkylation sites (tertiary alicyclic amines) is 1. The standard InChI is InChI=1S/C17H20N2O3/c1-2-22-17(21)14-7-10-19(11-8-14)16(20)15-5-3-4-13(12-15)6-9-18/h3-5,12,14H,2,6-8,10-11H2,1H3. The van der Waals surface area contributed by atoms with Crippen LogP contribution >= 0.6 is 0 Å². The van der Waals surface area contributed by atoms with Crippen LogP contribution in [0.4, 0.5) is 0 Å². The topological polar surface area (TPSA) is 70.4 Å². The molecule has 1 fully saturated rings. The van der Waals surface area contributed by atoms with Crippen molar-refractivity contribution in [3.8, 4) is 6.07 Å². The van der Waals surface area contributed by atoms with Crippen LogP contribution in [-0.2, 0) is 16.0 Å². The molecule has 2 rings (SSSR count). The molecule has 0 spiro atoms. The molecule has 1 aromatic carbocycles. The molecule has 0 unspecified atom stereocenters. The van der Waals surface area contributed by atoms with Crippen molar-refractivity contribution >= 4 is 11.9 Å². The number of esters is 1. The Kier molecular flexibility index (Phi) is 5.54. The molecule has 1 aliphatic rings. The van der Waals surface area contributed by atoms with Crippen LogP contribution < -0.4 is 0 Å². The van der Waals surface area contributed by atoms with Crippen LogP contribution in [0.5, 0.6) is 0 Å². The molecule has 0 saturated carbocycles. The highest BCUT2D eigenvalue weighted by atomic mass is 16.5. The number of rotatable bonds is 4. The molecule has 0 atom stereocenters. The van der Waals surface area contributed by atoms with Crippen LogP contribution in [0, 0.1) is 17.2 Å². The summed E-state index contributed by atoms with van der Waals surface area (Å²) < 4.78 is 5.03. The molecule has 1 heterocycles. The number of carbonyl (C=O) groups is 2. The molecule has 1 saturated heterocycles. The zero-order valence-electron chi connectivity index (χ0n) is 12.7. The van der Waals surface area contributed by atoms with Crippen molar-refractivity contribution < 1.29 is 14.3 Å². The van der Waals surface area contributed by atoms with Crippen LogP contribution in [-0.4, -0.2) is 36.5 Å². The van der Waals surface area contributed by atoms with Gasteiger partial charge >= 0.3 is 5.97 Å². The maximum atomic E-state index is 12.5. The number of hydrogen-bond donors (Lipinski definition) is 0. The van der Waals surface area contributed by atoms with Gasteiger partial charge in [-0.1, -0.05) is 12.1 Å². The molecule has 1 aliphatic heterocycles. The van der Waals surface area contributed by atoms with E-state index in [0.717, 1.165) is 5.56 Å². The SMILES string of the molecule is CCOC(=O)C1CCN(C(=O)c2cccc(CC#N)c2)CC1. The Morgan fingerprint density at radius 3 is 2.73 bits per heavy atom. The van der Waals surface area contributed by atoms with Crippen molar-refractivity contribution in [1.82, 2.24) is 4.90 Å². The highest BCUT2D eigenvalue weighted by Crippen LogP contribution is 2.20. The van der Waals surface area contributed by atoms with Crippen molar-refractivity contribution in [3.05, 3.63) is 35.4 Å². The van der Waals surface area contributed by atoms with Crippen molar-refractivity contribution in [2.24, 2.45) is 5.92 Å². The maximum absolute atomic E-state index is 12.5. The number of carbonyl (C=O) groups excluding carboxylic acids is 2. The van der Waals surface area contributed by atoms with E-state index >= 15 is 0 Å². The monoisotopic (exact) mass is 300 g/mol. The molecule has 0 N–H and O–H groups in total. The quantitative estimate of drug-likeness (QED) is 0.799. The van der Waals surface area contributed by atoms with Gasteiger partial charge in [-0.15, -0.1) is 0 Å². The fourth-order valence-electron chi connectivity index (χ4n) is 2.67. The van der Waals surface area contributed by atoms with Gasteiger partial charge in [-0.3, -0.25) is 9.59 Å². The Hall–Kier alpha value is -2.35. The summed E-state index contributed by atoms with van der Waals surface area (Å²) in [5.74, 6) is -0.304. The van der Waals surface area contributed by atoms with Crippen molar-refractivity contribution in [2.45, 2.75) is 26.2 Å². The summed E-state index contributed by atoms with van der Waals surface area (Å²) in [6, 6.07) is 9.25. The first-order valence-corrected chi connectivity index (χ1v) is 7.57. The predicted octanol–water partition coefficient (Wildman–Crippen LogP) is 2.17. The summed E-state index contributed by atoms with van der Waals surface area (Å²) >= 11 is 0. The molecule has 0 aromatic heterocycles. The van der Waals surface area contributed by atoms with E-state index in [1.807, 2.05) is 6.07 Å². The second-order valence-corrected chi connectivity index (χ2v) is 5.35. The number of piperidine rings is 1. The van der Waals surface area contributed by atoms with Crippen LogP contribution in [0.15, 0.2) is 24.3 Å². The van der Waals surface area contributed by atoms with Crippen molar-refractivity contribution in [3.63, 3.8) is 0 Å². The summed E-state index contributed by atoms with van der Waals surface area (Å²) in [6.45, 7) is 3.31. The summed E-state index contributed by atoms with van der Waals surface area (Å²) in [6.07, 6.45) is 1.58. The van der Waals surface area contributed by atoms with E-state index in [1.165, 1.54) is 0 Å². The Balaban J connectivity index is 1.96. The molecule has 5 nitrogen and oxygen atoms in total. The number of amides is 1. The first-order chi connectivity index (χ1) is 10.7. The third-order valence-corrected chi connectivity index (χ3v) is 3.86. The molecule has 1 amide bonds.